The molecule has 1 N–H and O–H groups in total. The van der Waals surface area contributed by atoms with E-state index in [-0.39, 0.29) is 5.91 Å². The van der Waals surface area contributed by atoms with Gasteiger partial charge in [-0.1, -0.05) is 0 Å². The summed E-state index contributed by atoms with van der Waals surface area (Å²) in [7, 11) is 0. The summed E-state index contributed by atoms with van der Waals surface area (Å²) in [5, 5.41) is 2.88. The maximum Gasteiger partial charge on any atom is 0.220 e. The zero-order valence-electron chi connectivity index (χ0n) is 9.36. The van der Waals surface area contributed by atoms with Crippen LogP contribution in [-0.4, -0.2) is 27.9 Å². The molecule has 0 atom stereocenters. The van der Waals surface area contributed by atoms with Gasteiger partial charge in [0, 0.05) is 37.8 Å². The second-order valence-corrected chi connectivity index (χ2v) is 4.03. The number of nitrogens with zero attached hydrogens (tertiary/aromatic N) is 2. The number of nitrogens with one attached hydrogen (secondary N) is 1. The molecule has 16 heavy (non-hydrogen) atoms. The van der Waals surface area contributed by atoms with Crippen LogP contribution < -0.4 is 5.32 Å². The largest absolute Gasteiger partial charge is 0.356 e. The monoisotopic (exact) mass is 243 g/mol. The third-order valence-corrected chi connectivity index (χ3v) is 2.53. The van der Waals surface area contributed by atoms with Crippen molar-refractivity contribution < 1.29 is 4.79 Å². The third kappa shape index (κ3) is 5.75. The molecule has 0 radical (unpaired) electrons. The molecular weight excluding hydrogens is 226 g/mol. The van der Waals surface area contributed by atoms with Crippen molar-refractivity contribution in [2.45, 2.75) is 32.2 Å². The van der Waals surface area contributed by atoms with Crippen molar-refractivity contribution in [3.05, 3.63) is 18.7 Å². The number of hydrogen-bond acceptors (Lipinski definition) is 2. The molecule has 90 valence electrons. The summed E-state index contributed by atoms with van der Waals surface area (Å²) in [5.74, 6) is 0.650. The van der Waals surface area contributed by atoms with Gasteiger partial charge in [-0.25, -0.2) is 4.98 Å². The first kappa shape index (κ1) is 13.0. The van der Waals surface area contributed by atoms with E-state index in [0.717, 1.165) is 32.4 Å². The molecule has 0 aliphatic heterocycles. The molecular formula is C11H18ClN3O. The lowest BCUT2D eigenvalue weighted by Crippen LogP contribution is -2.24. The van der Waals surface area contributed by atoms with Crippen molar-refractivity contribution >= 4 is 17.5 Å². The Hall–Kier alpha value is -1.03. The van der Waals surface area contributed by atoms with Crippen LogP contribution in [0.1, 0.15) is 25.7 Å². The molecule has 0 saturated heterocycles. The molecule has 4 nitrogen and oxygen atoms in total. The second kappa shape index (κ2) is 8.16. The summed E-state index contributed by atoms with van der Waals surface area (Å²) < 4.78 is 2.04. The predicted octanol–water partition coefficient (Wildman–Crippen LogP) is 1.80. The fourth-order valence-corrected chi connectivity index (χ4v) is 1.52. The lowest BCUT2D eigenvalue weighted by atomic mass is 10.3. The molecule has 1 aromatic heterocycles. The molecule has 0 unspecified atom stereocenters. The van der Waals surface area contributed by atoms with E-state index in [2.05, 4.69) is 10.3 Å². The number of hydrogen-bond donors (Lipinski definition) is 1. The minimum atomic E-state index is 0.100. The van der Waals surface area contributed by atoms with Crippen molar-refractivity contribution in [1.82, 2.24) is 14.9 Å². The van der Waals surface area contributed by atoms with E-state index in [1.54, 1.807) is 12.5 Å². The molecule has 1 rings (SSSR count). The van der Waals surface area contributed by atoms with Crippen LogP contribution in [0.3, 0.4) is 0 Å². The number of aryl methyl sites for hydroxylation is 1. The van der Waals surface area contributed by atoms with E-state index in [0.29, 0.717) is 12.3 Å². The first-order chi connectivity index (χ1) is 7.83. The topological polar surface area (TPSA) is 46.9 Å². The average molecular weight is 244 g/mol. The molecule has 0 aromatic carbocycles. The highest BCUT2D eigenvalue weighted by Gasteiger charge is 1.99. The SMILES string of the molecule is O=C(CCCCl)NCCCCn1ccnc1. The van der Waals surface area contributed by atoms with Gasteiger partial charge >= 0.3 is 0 Å². The molecule has 0 saturated carbocycles. The summed E-state index contributed by atoms with van der Waals surface area (Å²) in [6.07, 6.45) is 8.84. The molecule has 5 heteroatoms. The lowest BCUT2D eigenvalue weighted by Gasteiger charge is -2.04. The number of carbonyl (C=O) groups is 1. The van der Waals surface area contributed by atoms with Gasteiger partial charge in [0.1, 0.15) is 0 Å². The van der Waals surface area contributed by atoms with E-state index in [4.69, 9.17) is 11.6 Å². The van der Waals surface area contributed by atoms with Crippen LogP contribution in [0.4, 0.5) is 0 Å². The first-order valence-corrected chi connectivity index (χ1v) is 6.15. The third-order valence-electron chi connectivity index (χ3n) is 2.26. The zero-order valence-corrected chi connectivity index (χ0v) is 10.1. The number of halogens is 1. The number of aromatic nitrogens is 2. The Morgan fingerprint density at radius 3 is 2.94 bits per heavy atom. The highest BCUT2D eigenvalue weighted by Crippen LogP contribution is 1.95. The van der Waals surface area contributed by atoms with Gasteiger partial charge in [0.2, 0.25) is 5.91 Å². The minimum Gasteiger partial charge on any atom is -0.356 e. The Bertz CT molecular complexity index is 287. The molecule has 0 aliphatic carbocycles. The van der Waals surface area contributed by atoms with Crippen molar-refractivity contribution in [3.8, 4) is 0 Å². The lowest BCUT2D eigenvalue weighted by molar-refractivity contribution is -0.121. The summed E-state index contributed by atoms with van der Waals surface area (Å²) in [5.41, 5.74) is 0. The molecule has 0 bridgehead atoms. The van der Waals surface area contributed by atoms with E-state index in [1.165, 1.54) is 0 Å². The maximum atomic E-state index is 11.2. The molecule has 0 spiro atoms. The molecule has 0 fully saturated rings. The van der Waals surface area contributed by atoms with Gasteiger partial charge in [0.15, 0.2) is 0 Å². The average Bonchev–Trinajstić information content (AvgIpc) is 2.79. The Balaban J connectivity index is 1.93. The smallest absolute Gasteiger partial charge is 0.220 e. The van der Waals surface area contributed by atoms with Crippen LogP contribution in [-0.2, 0) is 11.3 Å². The van der Waals surface area contributed by atoms with E-state index in [1.807, 2.05) is 10.8 Å². The number of imidazole rings is 1. The Labute approximate surface area is 101 Å². The van der Waals surface area contributed by atoms with Crippen LogP contribution in [0.25, 0.3) is 0 Å². The van der Waals surface area contributed by atoms with Crippen LogP contribution in [0, 0.1) is 0 Å². The second-order valence-electron chi connectivity index (χ2n) is 3.65. The van der Waals surface area contributed by atoms with Gasteiger partial charge in [-0.2, -0.15) is 0 Å². The number of amides is 1. The van der Waals surface area contributed by atoms with Gasteiger partial charge in [0.05, 0.1) is 6.33 Å². The summed E-state index contributed by atoms with van der Waals surface area (Å²) in [6.45, 7) is 1.70. The van der Waals surface area contributed by atoms with Gasteiger partial charge in [0.25, 0.3) is 0 Å². The normalized spacial score (nSPS) is 10.3. The van der Waals surface area contributed by atoms with Crippen molar-refractivity contribution in [2.24, 2.45) is 0 Å². The Kier molecular flexibility index (Phi) is 6.65. The summed E-state index contributed by atoms with van der Waals surface area (Å²) in [6, 6.07) is 0. The van der Waals surface area contributed by atoms with Crippen molar-refractivity contribution in [2.75, 3.05) is 12.4 Å². The Morgan fingerprint density at radius 2 is 2.25 bits per heavy atom. The fourth-order valence-electron chi connectivity index (χ4n) is 1.38. The number of alkyl halides is 1. The summed E-state index contributed by atoms with van der Waals surface area (Å²) in [4.78, 5) is 15.2. The highest BCUT2D eigenvalue weighted by atomic mass is 35.5. The number of rotatable bonds is 8. The highest BCUT2D eigenvalue weighted by molar-refractivity contribution is 6.17. The zero-order chi connectivity index (χ0) is 11.6. The minimum absolute atomic E-state index is 0.100. The van der Waals surface area contributed by atoms with Gasteiger partial charge in [-0.3, -0.25) is 4.79 Å². The van der Waals surface area contributed by atoms with E-state index < -0.39 is 0 Å². The van der Waals surface area contributed by atoms with Crippen molar-refractivity contribution in [1.29, 1.82) is 0 Å². The van der Waals surface area contributed by atoms with Gasteiger partial charge in [-0.05, 0) is 19.3 Å². The number of carbonyl (C=O) groups excluding carboxylic acids is 1. The maximum absolute atomic E-state index is 11.2. The molecule has 1 aromatic rings. The van der Waals surface area contributed by atoms with Gasteiger partial charge in [-0.15, -0.1) is 11.6 Å². The van der Waals surface area contributed by atoms with Crippen LogP contribution in [0.5, 0.6) is 0 Å². The van der Waals surface area contributed by atoms with Crippen LogP contribution >= 0.6 is 11.6 Å². The molecule has 0 aliphatic rings. The van der Waals surface area contributed by atoms with Gasteiger partial charge < -0.3 is 9.88 Å². The van der Waals surface area contributed by atoms with E-state index >= 15 is 0 Å². The first-order valence-electron chi connectivity index (χ1n) is 5.61. The number of unbranched alkanes of at least 4 members (excludes halogenated alkanes) is 1. The fraction of sp³-hybridized carbons (Fsp3) is 0.636. The van der Waals surface area contributed by atoms with Crippen LogP contribution in [0.2, 0.25) is 0 Å². The van der Waals surface area contributed by atoms with Crippen LogP contribution in [0.15, 0.2) is 18.7 Å². The summed E-state index contributed by atoms with van der Waals surface area (Å²) >= 11 is 5.50. The Morgan fingerprint density at radius 1 is 1.38 bits per heavy atom. The predicted molar refractivity (Wildman–Crippen MR) is 64.4 cm³/mol. The standard InChI is InChI=1S/C11H18ClN3O/c12-5-3-4-11(16)14-6-1-2-8-15-9-7-13-10-15/h7,9-10H,1-6,8H2,(H,14,16). The molecule has 1 amide bonds. The van der Waals surface area contributed by atoms with E-state index in [9.17, 15) is 4.79 Å². The van der Waals surface area contributed by atoms with Crippen molar-refractivity contribution in [3.63, 3.8) is 0 Å². The quantitative estimate of drug-likeness (QED) is 0.559. The molecule has 1 heterocycles.